The quantitative estimate of drug-likeness (QED) is 0.598. The van der Waals surface area contributed by atoms with Gasteiger partial charge in [-0.2, -0.15) is 0 Å². The second-order valence-corrected chi connectivity index (χ2v) is 6.83. The molecule has 23 heavy (non-hydrogen) atoms. The second kappa shape index (κ2) is 7.13. The second-order valence-electron chi connectivity index (χ2n) is 6.83. The van der Waals surface area contributed by atoms with E-state index in [0.29, 0.717) is 19.4 Å². The molecule has 1 aliphatic carbocycles. The van der Waals surface area contributed by atoms with Crippen molar-refractivity contribution in [2.45, 2.75) is 33.1 Å². The number of nitrogens with one attached hydrogen (secondary N) is 2. The number of hydrogen-bond acceptors (Lipinski definition) is 3. The Morgan fingerprint density at radius 3 is 2.22 bits per heavy atom. The number of benzene rings is 1. The van der Waals surface area contributed by atoms with Crippen LogP contribution in [0.15, 0.2) is 18.2 Å². The van der Waals surface area contributed by atoms with Crippen LogP contribution >= 0.6 is 0 Å². The summed E-state index contributed by atoms with van der Waals surface area (Å²) >= 11 is 0. The van der Waals surface area contributed by atoms with Crippen molar-refractivity contribution in [1.82, 2.24) is 10.2 Å². The van der Waals surface area contributed by atoms with Gasteiger partial charge in [-0.15, -0.1) is 0 Å². The Hall–Kier alpha value is -1.88. The first kappa shape index (κ1) is 17.5. The fourth-order valence-electron chi connectivity index (χ4n) is 2.75. The van der Waals surface area contributed by atoms with Gasteiger partial charge in [-0.05, 0) is 77.0 Å². The summed E-state index contributed by atoms with van der Waals surface area (Å²) in [5.74, 6) is -0.328. The van der Waals surface area contributed by atoms with Crippen molar-refractivity contribution in [1.29, 1.82) is 0 Å². The van der Waals surface area contributed by atoms with Gasteiger partial charge in [0, 0.05) is 12.2 Å². The Morgan fingerprint density at radius 2 is 1.70 bits per heavy atom. The van der Waals surface area contributed by atoms with E-state index >= 15 is 0 Å². The zero-order valence-electron chi connectivity index (χ0n) is 14.5. The molecule has 0 spiro atoms. The molecule has 1 aromatic rings. The topological polar surface area (TPSA) is 61.4 Å². The van der Waals surface area contributed by atoms with Crippen molar-refractivity contribution >= 4 is 17.5 Å². The zero-order valence-corrected chi connectivity index (χ0v) is 14.5. The average Bonchev–Trinajstić information content (AvgIpc) is 3.23. The van der Waals surface area contributed by atoms with Crippen LogP contribution in [0.5, 0.6) is 0 Å². The zero-order chi connectivity index (χ0) is 17.0. The number of rotatable bonds is 7. The summed E-state index contributed by atoms with van der Waals surface area (Å²) in [7, 11) is 4.00. The molecule has 0 unspecified atom stereocenters. The molecule has 2 amide bonds. The van der Waals surface area contributed by atoms with Gasteiger partial charge in [-0.1, -0.05) is 6.07 Å². The summed E-state index contributed by atoms with van der Waals surface area (Å²) < 4.78 is 0. The summed E-state index contributed by atoms with van der Waals surface area (Å²) in [5.41, 5.74) is 2.09. The fraction of sp³-hybridized carbons (Fsp3) is 0.556. The van der Waals surface area contributed by atoms with Crippen molar-refractivity contribution in [3.63, 3.8) is 0 Å². The average molecular weight is 317 g/mol. The number of aryl methyl sites for hydroxylation is 2. The number of carbonyl (C=O) groups excluding carboxylic acids is 2. The van der Waals surface area contributed by atoms with Crippen LogP contribution in [0.2, 0.25) is 0 Å². The highest BCUT2D eigenvalue weighted by molar-refractivity contribution is 6.13. The standard InChI is InChI=1S/C18H27N3O2/c1-13-10-14(2)12-15(11-13)20-17(23)18(6-7-18)16(22)19-8-5-9-21(3)4/h10-12H,5-9H2,1-4H3,(H,19,22)(H,20,23). The highest BCUT2D eigenvalue weighted by Crippen LogP contribution is 2.46. The lowest BCUT2D eigenvalue weighted by molar-refractivity contribution is -0.134. The normalized spacial score (nSPS) is 15.3. The van der Waals surface area contributed by atoms with Crippen LogP contribution in [0, 0.1) is 19.3 Å². The van der Waals surface area contributed by atoms with Gasteiger partial charge >= 0.3 is 0 Å². The highest BCUT2D eigenvalue weighted by atomic mass is 16.2. The third-order valence-electron chi connectivity index (χ3n) is 4.17. The maximum atomic E-state index is 12.5. The molecule has 126 valence electrons. The molecule has 1 saturated carbocycles. The first-order valence-electron chi connectivity index (χ1n) is 8.16. The fourth-order valence-corrected chi connectivity index (χ4v) is 2.75. The first-order chi connectivity index (χ1) is 10.8. The monoisotopic (exact) mass is 317 g/mol. The summed E-state index contributed by atoms with van der Waals surface area (Å²) in [6, 6.07) is 5.91. The molecule has 2 rings (SSSR count). The minimum Gasteiger partial charge on any atom is -0.355 e. The Morgan fingerprint density at radius 1 is 1.09 bits per heavy atom. The lowest BCUT2D eigenvalue weighted by atomic mass is 10.0. The molecule has 5 nitrogen and oxygen atoms in total. The van der Waals surface area contributed by atoms with Crippen LogP contribution in [0.1, 0.15) is 30.4 Å². The largest absolute Gasteiger partial charge is 0.355 e. The van der Waals surface area contributed by atoms with Crippen molar-refractivity contribution in [3.05, 3.63) is 29.3 Å². The Balaban J connectivity index is 1.91. The molecule has 0 heterocycles. The van der Waals surface area contributed by atoms with Crippen molar-refractivity contribution in [3.8, 4) is 0 Å². The van der Waals surface area contributed by atoms with Gasteiger partial charge < -0.3 is 15.5 Å². The van der Waals surface area contributed by atoms with Gasteiger partial charge in [0.25, 0.3) is 0 Å². The third-order valence-corrected chi connectivity index (χ3v) is 4.17. The maximum absolute atomic E-state index is 12.5. The molecule has 0 saturated heterocycles. The Kier molecular flexibility index (Phi) is 5.42. The molecule has 5 heteroatoms. The molecule has 2 N–H and O–H groups in total. The summed E-state index contributed by atoms with van der Waals surface area (Å²) in [4.78, 5) is 26.9. The maximum Gasteiger partial charge on any atom is 0.240 e. The van der Waals surface area contributed by atoms with E-state index in [1.807, 2.05) is 40.1 Å². The molecular weight excluding hydrogens is 290 g/mol. The first-order valence-corrected chi connectivity index (χ1v) is 8.16. The van der Waals surface area contributed by atoms with Crippen LogP contribution in [-0.2, 0) is 9.59 Å². The van der Waals surface area contributed by atoms with Gasteiger partial charge in [0.05, 0.1) is 0 Å². The van der Waals surface area contributed by atoms with E-state index in [4.69, 9.17) is 0 Å². The number of nitrogens with zero attached hydrogens (tertiary/aromatic N) is 1. The van der Waals surface area contributed by atoms with Crippen molar-refractivity contribution < 1.29 is 9.59 Å². The molecule has 1 aliphatic rings. The van der Waals surface area contributed by atoms with E-state index in [1.165, 1.54) is 0 Å². The Bertz CT molecular complexity index is 572. The molecule has 0 atom stereocenters. The van der Waals surface area contributed by atoms with E-state index in [0.717, 1.165) is 29.8 Å². The molecule has 0 aliphatic heterocycles. The van der Waals surface area contributed by atoms with Gasteiger partial charge in [-0.25, -0.2) is 0 Å². The molecule has 0 radical (unpaired) electrons. The van der Waals surface area contributed by atoms with E-state index in [9.17, 15) is 9.59 Å². The molecule has 0 bridgehead atoms. The van der Waals surface area contributed by atoms with E-state index in [-0.39, 0.29) is 11.8 Å². The Labute approximate surface area is 138 Å². The summed E-state index contributed by atoms with van der Waals surface area (Å²) in [6.45, 7) is 5.51. The summed E-state index contributed by atoms with van der Waals surface area (Å²) in [6.07, 6.45) is 2.14. The van der Waals surface area contributed by atoms with Gasteiger partial charge in [0.2, 0.25) is 11.8 Å². The van der Waals surface area contributed by atoms with Gasteiger partial charge in [0.1, 0.15) is 5.41 Å². The van der Waals surface area contributed by atoms with E-state index in [1.54, 1.807) is 0 Å². The van der Waals surface area contributed by atoms with Crippen LogP contribution < -0.4 is 10.6 Å². The van der Waals surface area contributed by atoms with E-state index < -0.39 is 5.41 Å². The third kappa shape index (κ3) is 4.55. The van der Waals surface area contributed by atoms with Crippen molar-refractivity contribution in [2.75, 3.05) is 32.5 Å². The van der Waals surface area contributed by atoms with Crippen LogP contribution in [0.3, 0.4) is 0 Å². The van der Waals surface area contributed by atoms with Gasteiger partial charge in [0.15, 0.2) is 0 Å². The summed E-state index contributed by atoms with van der Waals surface area (Å²) in [5, 5.41) is 5.81. The van der Waals surface area contributed by atoms with Gasteiger partial charge in [-0.3, -0.25) is 9.59 Å². The highest BCUT2D eigenvalue weighted by Gasteiger charge is 2.56. The smallest absolute Gasteiger partial charge is 0.240 e. The SMILES string of the molecule is Cc1cc(C)cc(NC(=O)C2(C(=O)NCCCN(C)C)CC2)c1. The molecular formula is C18H27N3O2. The predicted molar refractivity (Wildman–Crippen MR) is 92.4 cm³/mol. The lowest BCUT2D eigenvalue weighted by Crippen LogP contribution is -2.40. The number of anilines is 1. The number of hydrogen-bond donors (Lipinski definition) is 2. The number of amides is 2. The van der Waals surface area contributed by atoms with Crippen LogP contribution in [-0.4, -0.2) is 43.9 Å². The minimum atomic E-state index is -0.865. The number of carbonyl (C=O) groups is 2. The molecule has 1 aromatic carbocycles. The predicted octanol–water partition coefficient (Wildman–Crippen LogP) is 2.09. The molecule has 0 aromatic heterocycles. The lowest BCUT2D eigenvalue weighted by Gasteiger charge is -2.16. The molecule has 1 fully saturated rings. The minimum absolute atomic E-state index is 0.141. The van der Waals surface area contributed by atoms with Crippen molar-refractivity contribution in [2.24, 2.45) is 5.41 Å². The van der Waals surface area contributed by atoms with E-state index in [2.05, 4.69) is 21.6 Å². The van der Waals surface area contributed by atoms with Crippen LogP contribution in [0.25, 0.3) is 0 Å². The van der Waals surface area contributed by atoms with Crippen LogP contribution in [0.4, 0.5) is 5.69 Å².